The van der Waals surface area contributed by atoms with Crippen molar-refractivity contribution in [1.82, 2.24) is 19.5 Å². The zero-order valence-electron chi connectivity index (χ0n) is 18.8. The molecule has 6 rings (SSSR count). The second-order valence-electron chi connectivity index (χ2n) is 8.87. The third kappa shape index (κ3) is 2.60. The molecular formula is C25H22BF2N5. The zero-order chi connectivity index (χ0) is 23.1. The number of rotatable bonds is 2. The van der Waals surface area contributed by atoms with Gasteiger partial charge in [-0.2, -0.15) is 0 Å². The van der Waals surface area contributed by atoms with Crippen LogP contribution in [0.3, 0.4) is 0 Å². The number of nitrogens with zero attached hydrogens (tertiary/aromatic N) is 5. The molecule has 8 heteroatoms. The SMILES string of the molecule is CC1=CC(C)=[N+]2C1=C(c1ccc(-n3nnc4ccccc43)cc1)c1c(C)cc(C)n1[B-]2(F)F. The molecule has 0 saturated carbocycles. The van der Waals surface area contributed by atoms with Crippen LogP contribution in [0.1, 0.15) is 36.4 Å². The van der Waals surface area contributed by atoms with Crippen LogP contribution < -0.4 is 0 Å². The van der Waals surface area contributed by atoms with E-state index in [-0.39, 0.29) is 0 Å². The summed E-state index contributed by atoms with van der Waals surface area (Å²) in [6.45, 7) is 3.33. The average Bonchev–Trinajstić information content (AvgIpc) is 3.43. The normalized spacial score (nSPS) is 17.0. The van der Waals surface area contributed by atoms with Gasteiger partial charge in [0, 0.05) is 24.3 Å². The lowest BCUT2D eigenvalue weighted by Crippen LogP contribution is -2.51. The monoisotopic (exact) mass is 441 g/mol. The van der Waals surface area contributed by atoms with Crippen molar-refractivity contribution < 1.29 is 13.1 Å². The van der Waals surface area contributed by atoms with Gasteiger partial charge in [0.15, 0.2) is 5.70 Å². The largest absolute Gasteiger partial charge is 0.737 e. The van der Waals surface area contributed by atoms with Crippen molar-refractivity contribution in [2.75, 3.05) is 0 Å². The summed E-state index contributed by atoms with van der Waals surface area (Å²) in [4.78, 5) is 0. The Morgan fingerprint density at radius 2 is 1.67 bits per heavy atom. The fourth-order valence-electron chi connectivity index (χ4n) is 5.40. The summed E-state index contributed by atoms with van der Waals surface area (Å²) in [6.07, 6.45) is 1.85. The molecule has 0 aliphatic carbocycles. The van der Waals surface area contributed by atoms with Gasteiger partial charge in [-0.25, -0.2) is 4.68 Å². The number of hydrogen-bond acceptors (Lipinski definition) is 2. The highest BCUT2D eigenvalue weighted by Crippen LogP contribution is 2.44. The van der Waals surface area contributed by atoms with Gasteiger partial charge in [-0.05, 0) is 67.9 Å². The molecule has 2 aliphatic rings. The molecule has 0 atom stereocenters. The van der Waals surface area contributed by atoms with Gasteiger partial charge < -0.3 is 17.6 Å². The van der Waals surface area contributed by atoms with Gasteiger partial charge in [-0.3, -0.25) is 0 Å². The van der Waals surface area contributed by atoms with Crippen molar-refractivity contribution in [3.05, 3.63) is 94.5 Å². The quantitative estimate of drug-likeness (QED) is 0.398. The third-order valence-electron chi connectivity index (χ3n) is 6.69. The Hall–Kier alpha value is -3.81. The first-order chi connectivity index (χ1) is 15.8. The highest BCUT2D eigenvalue weighted by molar-refractivity contribution is 6.58. The van der Waals surface area contributed by atoms with Gasteiger partial charge >= 0.3 is 6.97 Å². The molecule has 2 aromatic heterocycles. The highest BCUT2D eigenvalue weighted by atomic mass is 19.2. The van der Waals surface area contributed by atoms with E-state index in [1.807, 2.05) is 74.5 Å². The van der Waals surface area contributed by atoms with E-state index in [2.05, 4.69) is 10.3 Å². The van der Waals surface area contributed by atoms with Crippen molar-refractivity contribution in [3.8, 4) is 5.69 Å². The van der Waals surface area contributed by atoms with E-state index in [9.17, 15) is 0 Å². The van der Waals surface area contributed by atoms with E-state index in [4.69, 9.17) is 0 Å². The second-order valence-corrected chi connectivity index (χ2v) is 8.87. The van der Waals surface area contributed by atoms with Crippen LogP contribution in [0, 0.1) is 13.8 Å². The van der Waals surface area contributed by atoms with E-state index >= 15 is 8.63 Å². The standard InChI is InChI=1S/C25H22BF2N5/c1-15-13-17(3)31-24(15)23(25-16(2)14-18(4)32(25)26(31,27)28)19-9-11-20(12-10-19)33-22-8-6-5-7-21(22)29-30-33/h5-14H,1-4H3. The molecule has 0 fully saturated rings. The predicted octanol–water partition coefficient (Wildman–Crippen LogP) is 5.27. The molecule has 4 aromatic rings. The van der Waals surface area contributed by atoms with Gasteiger partial charge in [0.2, 0.25) is 0 Å². The van der Waals surface area contributed by atoms with Gasteiger partial charge in [-0.15, -0.1) is 5.10 Å². The number of aromatic nitrogens is 4. The smallest absolute Gasteiger partial charge is 0.393 e. The summed E-state index contributed by atoms with van der Waals surface area (Å²) >= 11 is 0. The van der Waals surface area contributed by atoms with Gasteiger partial charge in [-0.1, -0.05) is 29.5 Å². The van der Waals surface area contributed by atoms with Crippen molar-refractivity contribution in [1.29, 1.82) is 0 Å². The molecule has 0 radical (unpaired) electrons. The fraction of sp³-hybridized carbons (Fsp3) is 0.160. The molecule has 0 spiro atoms. The Morgan fingerprint density at radius 3 is 2.42 bits per heavy atom. The van der Waals surface area contributed by atoms with Crippen LogP contribution in [0.15, 0.2) is 71.9 Å². The molecule has 0 bridgehead atoms. The van der Waals surface area contributed by atoms with Gasteiger partial charge in [0.05, 0.1) is 16.8 Å². The van der Waals surface area contributed by atoms with Crippen LogP contribution in [-0.2, 0) is 0 Å². The number of para-hydroxylation sites is 1. The van der Waals surface area contributed by atoms with Crippen molar-refractivity contribution in [2.24, 2.45) is 0 Å². The molecule has 2 aliphatic heterocycles. The van der Waals surface area contributed by atoms with Crippen molar-refractivity contribution in [3.63, 3.8) is 0 Å². The summed E-state index contributed by atoms with van der Waals surface area (Å²) in [6, 6.07) is 17.5. The minimum Gasteiger partial charge on any atom is -0.393 e. The molecule has 2 aromatic carbocycles. The maximum Gasteiger partial charge on any atom is 0.737 e. The average molecular weight is 441 g/mol. The van der Waals surface area contributed by atoms with E-state index in [0.29, 0.717) is 22.8 Å². The van der Waals surface area contributed by atoms with Crippen molar-refractivity contribution >= 4 is 29.3 Å². The number of aryl methyl sites for hydroxylation is 2. The predicted molar refractivity (Wildman–Crippen MR) is 127 cm³/mol. The molecule has 4 heterocycles. The number of allylic oxidation sites excluding steroid dienone is 2. The molecule has 0 saturated heterocycles. The number of benzene rings is 2. The van der Waals surface area contributed by atoms with Crippen molar-refractivity contribution in [2.45, 2.75) is 27.7 Å². The van der Waals surface area contributed by atoms with Crippen LogP contribution >= 0.6 is 0 Å². The van der Waals surface area contributed by atoms with Crippen LogP contribution in [-0.4, -0.2) is 36.6 Å². The van der Waals surface area contributed by atoms with E-state index in [1.54, 1.807) is 18.5 Å². The summed E-state index contributed by atoms with van der Waals surface area (Å²) in [7, 11) is 0. The van der Waals surface area contributed by atoms with E-state index < -0.39 is 6.97 Å². The van der Waals surface area contributed by atoms with E-state index in [1.165, 1.54) is 8.96 Å². The number of halogens is 2. The first-order valence-electron chi connectivity index (χ1n) is 11.0. The molecule has 164 valence electrons. The zero-order valence-corrected chi connectivity index (χ0v) is 18.8. The topological polar surface area (TPSA) is 38.6 Å². The van der Waals surface area contributed by atoms with E-state index in [0.717, 1.165) is 39.0 Å². The minimum absolute atomic E-state index is 0.562. The Kier molecular flexibility index (Phi) is 3.97. The minimum atomic E-state index is -3.97. The molecule has 0 N–H and O–H groups in total. The molecular weight excluding hydrogens is 419 g/mol. The number of hydrogen-bond donors (Lipinski definition) is 0. The summed E-state index contributed by atoms with van der Waals surface area (Å²) in [5.41, 5.74) is 8.31. The lowest BCUT2D eigenvalue weighted by Gasteiger charge is -2.34. The Labute approximate surface area is 190 Å². The summed E-state index contributed by atoms with van der Waals surface area (Å²) in [5.74, 6) is 0. The van der Waals surface area contributed by atoms with Crippen LogP contribution in [0.25, 0.3) is 22.3 Å². The molecule has 0 amide bonds. The fourth-order valence-corrected chi connectivity index (χ4v) is 5.40. The maximum absolute atomic E-state index is 15.8. The molecule has 33 heavy (non-hydrogen) atoms. The van der Waals surface area contributed by atoms with Gasteiger partial charge in [0.25, 0.3) is 0 Å². The highest BCUT2D eigenvalue weighted by Gasteiger charge is 2.55. The lowest BCUT2D eigenvalue weighted by molar-refractivity contribution is -0.363. The first-order valence-corrected chi connectivity index (χ1v) is 11.0. The second kappa shape index (κ2) is 6.60. The maximum atomic E-state index is 15.8. The molecule has 0 unspecified atom stereocenters. The lowest BCUT2D eigenvalue weighted by atomic mass is 9.84. The Bertz CT molecular complexity index is 1570. The Balaban J connectivity index is 1.58. The number of fused-ring (bicyclic) bond motifs is 3. The van der Waals surface area contributed by atoms with Crippen LogP contribution in [0.4, 0.5) is 8.63 Å². The van der Waals surface area contributed by atoms with Gasteiger partial charge in [0.1, 0.15) is 11.2 Å². The van der Waals surface area contributed by atoms with Crippen LogP contribution in [0.5, 0.6) is 0 Å². The molecule has 5 nitrogen and oxygen atoms in total. The Morgan fingerprint density at radius 1 is 0.939 bits per heavy atom. The summed E-state index contributed by atoms with van der Waals surface area (Å²) in [5, 5.41) is 8.52. The third-order valence-corrected chi connectivity index (χ3v) is 6.69. The van der Waals surface area contributed by atoms with Crippen LogP contribution in [0.2, 0.25) is 0 Å². The first kappa shape index (κ1) is 19.8. The summed E-state index contributed by atoms with van der Waals surface area (Å²) < 4.78 is 35.8.